The molecule has 0 radical (unpaired) electrons. The third kappa shape index (κ3) is 6.06. The Hall–Kier alpha value is -2.41. The molecule has 2 aromatic rings. The van der Waals surface area contributed by atoms with Crippen LogP contribution in [0.15, 0.2) is 47.6 Å². The Morgan fingerprint density at radius 3 is 2.85 bits per heavy atom. The van der Waals surface area contributed by atoms with Crippen molar-refractivity contribution in [2.75, 3.05) is 26.5 Å². The lowest BCUT2D eigenvalue weighted by Gasteiger charge is -2.14. The third-order valence-electron chi connectivity index (χ3n) is 4.27. The molecule has 1 fully saturated rings. The number of aromatic nitrogens is 1. The molecule has 0 spiro atoms. The van der Waals surface area contributed by atoms with Crippen molar-refractivity contribution >= 4 is 17.7 Å². The quantitative estimate of drug-likeness (QED) is 0.561. The van der Waals surface area contributed by atoms with E-state index in [0.717, 1.165) is 23.8 Å². The maximum absolute atomic E-state index is 5.77. The van der Waals surface area contributed by atoms with Crippen molar-refractivity contribution in [3.05, 3.63) is 48.2 Å². The molecule has 1 atom stereocenters. The zero-order valence-electron chi connectivity index (χ0n) is 15.8. The first-order valence-electron chi connectivity index (χ1n) is 9.10. The number of thioether (sulfide) groups is 1. The molecule has 1 unspecified atom stereocenters. The van der Waals surface area contributed by atoms with Gasteiger partial charge < -0.3 is 20.1 Å². The molecule has 1 aromatic carbocycles. The van der Waals surface area contributed by atoms with Gasteiger partial charge in [0.05, 0.1) is 7.11 Å². The van der Waals surface area contributed by atoms with E-state index in [4.69, 9.17) is 9.47 Å². The van der Waals surface area contributed by atoms with Crippen LogP contribution < -0.4 is 20.1 Å². The first kappa shape index (κ1) is 19.4. The Labute approximate surface area is 164 Å². The highest BCUT2D eigenvalue weighted by Crippen LogP contribution is 2.25. The van der Waals surface area contributed by atoms with Gasteiger partial charge in [-0.2, -0.15) is 11.8 Å². The number of benzene rings is 1. The zero-order chi connectivity index (χ0) is 18.9. The third-order valence-corrected chi connectivity index (χ3v) is 5.66. The van der Waals surface area contributed by atoms with Crippen LogP contribution in [0.4, 0.5) is 0 Å². The van der Waals surface area contributed by atoms with Crippen molar-refractivity contribution in [3.8, 4) is 17.4 Å². The molecular formula is C20H26N4O2S. The molecule has 0 bridgehead atoms. The highest BCUT2D eigenvalue weighted by Gasteiger charge is 2.15. The Morgan fingerprint density at radius 1 is 1.26 bits per heavy atom. The molecular weight excluding hydrogens is 360 g/mol. The molecule has 6 nitrogen and oxygen atoms in total. The van der Waals surface area contributed by atoms with Crippen LogP contribution in [0.1, 0.15) is 18.4 Å². The summed E-state index contributed by atoms with van der Waals surface area (Å²) in [5.41, 5.74) is 1.06. The predicted octanol–water partition coefficient (Wildman–Crippen LogP) is 3.44. The van der Waals surface area contributed by atoms with E-state index < -0.39 is 0 Å². The largest absolute Gasteiger partial charge is 0.497 e. The molecule has 0 amide bonds. The fourth-order valence-corrected chi connectivity index (χ4v) is 3.98. The minimum Gasteiger partial charge on any atom is -0.497 e. The summed E-state index contributed by atoms with van der Waals surface area (Å²) in [5.74, 6) is 4.09. The van der Waals surface area contributed by atoms with Crippen LogP contribution >= 0.6 is 11.8 Å². The van der Waals surface area contributed by atoms with Gasteiger partial charge in [-0.05, 0) is 36.3 Å². The average Bonchev–Trinajstić information content (AvgIpc) is 3.23. The lowest BCUT2D eigenvalue weighted by molar-refractivity contribution is 0.407. The number of hydrogen-bond donors (Lipinski definition) is 2. The van der Waals surface area contributed by atoms with E-state index in [-0.39, 0.29) is 0 Å². The van der Waals surface area contributed by atoms with E-state index >= 15 is 0 Å². The van der Waals surface area contributed by atoms with E-state index in [9.17, 15) is 0 Å². The van der Waals surface area contributed by atoms with Crippen molar-refractivity contribution in [2.24, 2.45) is 4.99 Å². The SMILES string of the molecule is CN=C(NCc1ccc(Oc2cccc(OC)c2)nc1)NCC1CCCS1. The maximum Gasteiger partial charge on any atom is 0.219 e. The summed E-state index contributed by atoms with van der Waals surface area (Å²) >= 11 is 2.04. The van der Waals surface area contributed by atoms with Gasteiger partial charge in [-0.15, -0.1) is 0 Å². The molecule has 1 aliphatic rings. The molecule has 7 heteroatoms. The van der Waals surface area contributed by atoms with Crippen LogP contribution in [0.5, 0.6) is 17.4 Å². The summed E-state index contributed by atoms with van der Waals surface area (Å²) in [5, 5.41) is 7.42. The summed E-state index contributed by atoms with van der Waals surface area (Å²) in [6.45, 7) is 1.61. The lowest BCUT2D eigenvalue weighted by Crippen LogP contribution is -2.39. The minimum atomic E-state index is 0.549. The van der Waals surface area contributed by atoms with Gasteiger partial charge in [-0.25, -0.2) is 4.98 Å². The standard InChI is InChI=1S/C20H26N4O2S/c1-21-20(24-14-18-7-4-10-27-18)23-13-15-8-9-19(22-12-15)26-17-6-3-5-16(11-17)25-2/h3,5-6,8-9,11-12,18H,4,7,10,13-14H2,1-2H3,(H2,21,23,24). The number of rotatable bonds is 7. The van der Waals surface area contributed by atoms with Gasteiger partial charge in [-0.3, -0.25) is 4.99 Å². The first-order chi connectivity index (χ1) is 13.3. The summed E-state index contributed by atoms with van der Waals surface area (Å²) < 4.78 is 11.0. The topological polar surface area (TPSA) is 67.8 Å². The average molecular weight is 387 g/mol. The molecule has 0 aliphatic carbocycles. The van der Waals surface area contributed by atoms with Crippen molar-refractivity contribution in [1.29, 1.82) is 0 Å². The lowest BCUT2D eigenvalue weighted by atomic mass is 10.2. The molecule has 2 heterocycles. The molecule has 27 heavy (non-hydrogen) atoms. The van der Waals surface area contributed by atoms with Crippen LogP contribution in [0, 0.1) is 0 Å². The van der Waals surface area contributed by atoms with Gasteiger partial charge in [0.15, 0.2) is 5.96 Å². The van der Waals surface area contributed by atoms with Crippen LogP contribution in [-0.4, -0.2) is 42.6 Å². The number of methoxy groups -OCH3 is 1. The second-order valence-corrected chi connectivity index (χ2v) is 7.64. The molecule has 2 N–H and O–H groups in total. The number of pyridine rings is 1. The number of nitrogens with zero attached hydrogens (tertiary/aromatic N) is 2. The molecule has 0 saturated carbocycles. The molecule has 144 valence electrons. The molecule has 1 aliphatic heterocycles. The molecule has 1 aromatic heterocycles. The van der Waals surface area contributed by atoms with Crippen LogP contribution in [0.25, 0.3) is 0 Å². The van der Waals surface area contributed by atoms with E-state index in [1.165, 1.54) is 18.6 Å². The number of aliphatic imine (C=N–C) groups is 1. The number of hydrogen-bond acceptors (Lipinski definition) is 5. The molecule has 1 saturated heterocycles. The van der Waals surface area contributed by atoms with Gasteiger partial charge in [0.2, 0.25) is 5.88 Å². The van der Waals surface area contributed by atoms with Crippen LogP contribution in [-0.2, 0) is 6.54 Å². The van der Waals surface area contributed by atoms with Crippen molar-refractivity contribution in [1.82, 2.24) is 15.6 Å². The first-order valence-corrected chi connectivity index (χ1v) is 10.1. The number of guanidine groups is 1. The normalized spacial score (nSPS) is 16.8. The van der Waals surface area contributed by atoms with Gasteiger partial charge in [0.1, 0.15) is 11.5 Å². The Bertz CT molecular complexity index is 746. The highest BCUT2D eigenvalue weighted by molar-refractivity contribution is 8.00. The predicted molar refractivity (Wildman–Crippen MR) is 111 cm³/mol. The summed E-state index contributed by atoms with van der Waals surface area (Å²) in [6, 6.07) is 11.3. The van der Waals surface area contributed by atoms with E-state index in [1.807, 2.05) is 54.4 Å². The molecule has 3 rings (SSSR count). The van der Waals surface area contributed by atoms with Gasteiger partial charge in [0.25, 0.3) is 0 Å². The van der Waals surface area contributed by atoms with Crippen LogP contribution in [0.3, 0.4) is 0 Å². The van der Waals surface area contributed by atoms with E-state index in [1.54, 1.807) is 14.2 Å². The second kappa shape index (κ2) is 10.1. The fourth-order valence-electron chi connectivity index (χ4n) is 2.78. The fraction of sp³-hybridized carbons (Fsp3) is 0.400. The Balaban J connectivity index is 1.47. The summed E-state index contributed by atoms with van der Waals surface area (Å²) in [4.78, 5) is 8.66. The number of nitrogens with one attached hydrogen (secondary N) is 2. The summed E-state index contributed by atoms with van der Waals surface area (Å²) in [7, 11) is 3.43. The highest BCUT2D eigenvalue weighted by atomic mass is 32.2. The monoisotopic (exact) mass is 386 g/mol. The second-order valence-electron chi connectivity index (χ2n) is 6.23. The van der Waals surface area contributed by atoms with Crippen molar-refractivity contribution in [2.45, 2.75) is 24.6 Å². The minimum absolute atomic E-state index is 0.549. The van der Waals surface area contributed by atoms with Crippen molar-refractivity contribution < 1.29 is 9.47 Å². The van der Waals surface area contributed by atoms with Crippen molar-refractivity contribution in [3.63, 3.8) is 0 Å². The summed E-state index contributed by atoms with van der Waals surface area (Å²) in [6.07, 6.45) is 4.41. The maximum atomic E-state index is 5.77. The van der Waals surface area contributed by atoms with Gasteiger partial charge in [-0.1, -0.05) is 12.1 Å². The Morgan fingerprint density at radius 2 is 2.15 bits per heavy atom. The van der Waals surface area contributed by atoms with Gasteiger partial charge in [0, 0.05) is 43.7 Å². The number of ether oxygens (including phenoxy) is 2. The Kier molecular flexibility index (Phi) is 7.21. The van der Waals surface area contributed by atoms with E-state index in [0.29, 0.717) is 23.4 Å². The van der Waals surface area contributed by atoms with Crippen LogP contribution in [0.2, 0.25) is 0 Å². The van der Waals surface area contributed by atoms with Gasteiger partial charge >= 0.3 is 0 Å². The zero-order valence-corrected chi connectivity index (χ0v) is 16.6. The van der Waals surface area contributed by atoms with E-state index in [2.05, 4.69) is 20.6 Å². The smallest absolute Gasteiger partial charge is 0.219 e.